The fraction of sp³-hybridized carbons (Fsp3) is 0.333. The number of phenols is 1. The first kappa shape index (κ1) is 21.5. The second-order valence-electron chi connectivity index (χ2n) is 8.07. The van der Waals surface area contributed by atoms with Gasteiger partial charge in [-0.3, -0.25) is 19.2 Å². The summed E-state index contributed by atoms with van der Waals surface area (Å²) >= 11 is 1.79. The molecule has 162 valence electrons. The highest BCUT2D eigenvalue weighted by molar-refractivity contribution is 14.1. The predicted octanol–water partition coefficient (Wildman–Crippen LogP) is 1.23. The minimum absolute atomic E-state index is 0.0208. The number of fused-ring (bicyclic) bond motifs is 3. The summed E-state index contributed by atoms with van der Waals surface area (Å²) in [7, 11) is 0. The number of hydrogen-bond donors (Lipinski definition) is 5. The van der Waals surface area contributed by atoms with E-state index in [0.29, 0.717) is 5.56 Å². The number of aliphatic hydroxyl groups excluding tert-OH is 2. The topological polar surface area (TPSA) is 175 Å². The molecule has 4 rings (SSSR count). The molecule has 0 aromatic heterocycles. The van der Waals surface area contributed by atoms with E-state index in [1.54, 1.807) is 22.6 Å². The predicted molar refractivity (Wildman–Crippen MR) is 114 cm³/mol. The third-order valence-electron chi connectivity index (χ3n) is 6.40. The third kappa shape index (κ3) is 2.77. The van der Waals surface area contributed by atoms with Crippen LogP contribution < -0.4 is 5.73 Å². The van der Waals surface area contributed by atoms with E-state index in [2.05, 4.69) is 0 Å². The van der Waals surface area contributed by atoms with E-state index in [1.807, 2.05) is 0 Å². The van der Waals surface area contributed by atoms with Gasteiger partial charge in [0.1, 0.15) is 22.8 Å². The van der Waals surface area contributed by atoms with Gasteiger partial charge in [0.25, 0.3) is 5.91 Å². The number of halogens is 1. The molecule has 9 nitrogen and oxygen atoms in total. The van der Waals surface area contributed by atoms with Gasteiger partial charge < -0.3 is 26.2 Å². The molecule has 31 heavy (non-hydrogen) atoms. The smallest absolute Gasteiger partial charge is 0.255 e. The average molecular weight is 539 g/mol. The monoisotopic (exact) mass is 539 g/mol. The quantitative estimate of drug-likeness (QED) is 0.212. The van der Waals surface area contributed by atoms with Gasteiger partial charge in [0.05, 0.1) is 9.13 Å². The Labute approximate surface area is 189 Å². The molecule has 0 heterocycles. The van der Waals surface area contributed by atoms with Crippen LogP contribution in [0.15, 0.2) is 23.0 Å². The third-order valence-corrected chi connectivity index (χ3v) is 7.22. The van der Waals surface area contributed by atoms with Crippen LogP contribution >= 0.6 is 22.6 Å². The second kappa shape index (κ2) is 6.89. The molecule has 1 saturated carbocycles. The molecule has 0 saturated heterocycles. The average Bonchev–Trinajstić information content (AvgIpc) is 2.66. The normalized spacial score (nSPS) is 27.6. The Kier molecular flexibility index (Phi) is 4.78. The van der Waals surface area contributed by atoms with Gasteiger partial charge in [-0.2, -0.15) is 0 Å². The molecular formula is C21H18INO8. The Hall–Kier alpha value is -2.73. The zero-order valence-electron chi connectivity index (χ0n) is 16.2. The first-order valence-corrected chi connectivity index (χ1v) is 10.5. The lowest BCUT2D eigenvalue weighted by Gasteiger charge is -2.46. The number of primary amides is 1. The number of amides is 1. The summed E-state index contributed by atoms with van der Waals surface area (Å²) in [5, 5.41) is 43.2. The van der Waals surface area contributed by atoms with Crippen LogP contribution in [-0.4, -0.2) is 49.3 Å². The Morgan fingerprint density at radius 2 is 1.84 bits per heavy atom. The number of ketones is 3. The van der Waals surface area contributed by atoms with E-state index < -0.39 is 52.0 Å². The molecule has 3 unspecified atom stereocenters. The van der Waals surface area contributed by atoms with Crippen molar-refractivity contribution in [3.63, 3.8) is 0 Å². The number of aromatic hydroxyl groups is 1. The fourth-order valence-corrected chi connectivity index (χ4v) is 5.55. The molecule has 1 fully saturated rings. The number of Topliss-reactive ketones (excluding diaryl/α,β-unsaturated/α-hetero) is 3. The van der Waals surface area contributed by atoms with Crippen molar-refractivity contribution in [2.24, 2.45) is 17.6 Å². The molecule has 1 amide bonds. The van der Waals surface area contributed by atoms with Crippen molar-refractivity contribution in [3.8, 4) is 5.75 Å². The van der Waals surface area contributed by atoms with Crippen LogP contribution in [0.4, 0.5) is 0 Å². The van der Waals surface area contributed by atoms with Gasteiger partial charge in [-0.05, 0) is 59.9 Å². The number of phenolic OH excluding ortho intramolecular Hbond substituents is 1. The number of nitrogens with two attached hydrogens (primary N) is 1. The van der Waals surface area contributed by atoms with E-state index in [-0.39, 0.29) is 51.1 Å². The molecule has 10 heteroatoms. The van der Waals surface area contributed by atoms with Crippen molar-refractivity contribution in [2.45, 2.75) is 31.8 Å². The lowest BCUT2D eigenvalue weighted by molar-refractivity contribution is -0.147. The largest absolute Gasteiger partial charge is 0.508 e. The highest BCUT2D eigenvalue weighted by atomic mass is 127. The highest BCUT2D eigenvalue weighted by Gasteiger charge is 2.60. The summed E-state index contributed by atoms with van der Waals surface area (Å²) in [5.74, 6) is -7.16. The summed E-state index contributed by atoms with van der Waals surface area (Å²) in [5.41, 5.74) is 2.06. The van der Waals surface area contributed by atoms with E-state index in [9.17, 15) is 39.6 Å². The van der Waals surface area contributed by atoms with Gasteiger partial charge >= 0.3 is 0 Å². The summed E-state index contributed by atoms with van der Waals surface area (Å²) in [6.45, 7) is 1.35. The molecule has 0 radical (unpaired) electrons. The van der Waals surface area contributed by atoms with E-state index in [1.165, 1.54) is 13.0 Å². The van der Waals surface area contributed by atoms with Crippen molar-refractivity contribution in [1.82, 2.24) is 0 Å². The molecule has 0 spiro atoms. The van der Waals surface area contributed by atoms with Crippen LogP contribution in [0.25, 0.3) is 5.76 Å². The molecule has 0 aliphatic heterocycles. The van der Waals surface area contributed by atoms with E-state index in [0.717, 1.165) is 0 Å². The van der Waals surface area contributed by atoms with Gasteiger partial charge in [0.2, 0.25) is 5.78 Å². The minimum atomic E-state index is -2.60. The minimum Gasteiger partial charge on any atom is -0.508 e. The number of rotatable bonds is 2. The van der Waals surface area contributed by atoms with Gasteiger partial charge in [0.15, 0.2) is 17.2 Å². The Morgan fingerprint density at radius 3 is 2.42 bits per heavy atom. The van der Waals surface area contributed by atoms with Crippen LogP contribution in [0.2, 0.25) is 0 Å². The Bertz CT molecular complexity index is 1180. The van der Waals surface area contributed by atoms with Gasteiger partial charge in [-0.15, -0.1) is 0 Å². The van der Waals surface area contributed by atoms with Crippen LogP contribution in [0, 0.1) is 15.4 Å². The molecule has 3 atom stereocenters. The van der Waals surface area contributed by atoms with Crippen LogP contribution in [-0.2, 0) is 20.8 Å². The van der Waals surface area contributed by atoms with Crippen molar-refractivity contribution in [3.05, 3.63) is 43.2 Å². The SMILES string of the molecule is CC(=O)c1cc(I)c(O)c2c1CC1CC3CC(=O)C(C(N)=O)=C(O)C3(O)C(=O)C1=C2O. The van der Waals surface area contributed by atoms with Crippen LogP contribution in [0.3, 0.4) is 0 Å². The zero-order chi connectivity index (χ0) is 23.0. The summed E-state index contributed by atoms with van der Waals surface area (Å²) in [6, 6.07) is 1.49. The summed E-state index contributed by atoms with van der Waals surface area (Å²) < 4.78 is 0.286. The maximum Gasteiger partial charge on any atom is 0.255 e. The Morgan fingerprint density at radius 1 is 1.19 bits per heavy atom. The fourth-order valence-electron chi connectivity index (χ4n) is 4.97. The summed E-state index contributed by atoms with van der Waals surface area (Å²) in [4.78, 5) is 49.5. The van der Waals surface area contributed by atoms with E-state index in [4.69, 9.17) is 5.73 Å². The van der Waals surface area contributed by atoms with Gasteiger partial charge in [-0.25, -0.2) is 0 Å². The molecule has 6 N–H and O–H groups in total. The second-order valence-corrected chi connectivity index (χ2v) is 9.23. The first-order chi connectivity index (χ1) is 14.4. The molecule has 0 bridgehead atoms. The molecule has 1 aromatic carbocycles. The Balaban J connectivity index is 1.98. The number of benzene rings is 1. The number of carbonyl (C=O) groups excluding carboxylic acids is 4. The lowest BCUT2D eigenvalue weighted by atomic mass is 9.59. The van der Waals surface area contributed by atoms with Crippen molar-refractivity contribution < 1.29 is 39.6 Å². The van der Waals surface area contributed by atoms with Gasteiger partial charge in [0, 0.05) is 23.5 Å². The maximum atomic E-state index is 13.4. The van der Waals surface area contributed by atoms with Gasteiger partial charge in [-0.1, -0.05) is 0 Å². The van der Waals surface area contributed by atoms with Crippen molar-refractivity contribution >= 4 is 51.6 Å². The zero-order valence-corrected chi connectivity index (χ0v) is 18.4. The molecule has 3 aliphatic carbocycles. The first-order valence-electron chi connectivity index (χ1n) is 9.43. The van der Waals surface area contributed by atoms with Crippen LogP contribution in [0.1, 0.15) is 41.3 Å². The van der Waals surface area contributed by atoms with E-state index >= 15 is 0 Å². The lowest BCUT2D eigenvalue weighted by Crippen LogP contribution is -2.58. The molecule has 3 aliphatic rings. The van der Waals surface area contributed by atoms with Crippen molar-refractivity contribution in [1.29, 1.82) is 0 Å². The van der Waals surface area contributed by atoms with Crippen LogP contribution in [0.5, 0.6) is 5.75 Å². The number of carbonyl (C=O) groups is 4. The maximum absolute atomic E-state index is 13.4. The highest BCUT2D eigenvalue weighted by Crippen LogP contribution is 2.52. The molecule has 1 aromatic rings. The summed E-state index contributed by atoms with van der Waals surface area (Å²) in [6.07, 6.45) is -0.264. The number of hydrogen-bond acceptors (Lipinski definition) is 8. The standard InChI is InChI=1S/C21H18INO8/c1-6(24)9-5-11(22)16(26)14-10(9)3-7-2-8-4-12(25)15(20(23)30)19(29)21(8,31)18(28)13(7)17(14)27/h5,7-8,26-27,29,31H,2-4H2,1H3,(H2,23,30). The number of aliphatic hydroxyl groups is 3. The molecular weight excluding hydrogens is 521 g/mol. The van der Waals surface area contributed by atoms with Crippen molar-refractivity contribution in [2.75, 3.05) is 0 Å².